The van der Waals surface area contributed by atoms with Gasteiger partial charge in [0.2, 0.25) is 11.8 Å². The number of hydrogen-bond donors (Lipinski definition) is 1. The molecule has 0 spiro atoms. The molecular formula is C26H38N4O2. The van der Waals surface area contributed by atoms with Crippen molar-refractivity contribution in [3.8, 4) is 11.5 Å². The molecule has 1 amide bonds. The van der Waals surface area contributed by atoms with Gasteiger partial charge >= 0.3 is 0 Å². The van der Waals surface area contributed by atoms with Crippen LogP contribution in [0.5, 0.6) is 0 Å². The van der Waals surface area contributed by atoms with Crippen LogP contribution >= 0.6 is 0 Å². The number of aromatic nitrogens is 1. The van der Waals surface area contributed by atoms with Crippen molar-refractivity contribution in [1.82, 2.24) is 20.1 Å². The number of carbonyl (C=O) groups is 1. The second-order valence-electron chi connectivity index (χ2n) is 9.49. The van der Waals surface area contributed by atoms with Gasteiger partial charge in [-0.05, 0) is 90.8 Å². The molecule has 2 aliphatic rings. The third kappa shape index (κ3) is 6.20. The first kappa shape index (κ1) is 23.0. The first-order chi connectivity index (χ1) is 15.6. The number of oxazole rings is 1. The molecule has 1 aromatic heterocycles. The molecule has 0 atom stereocenters. The van der Waals surface area contributed by atoms with Gasteiger partial charge in [-0.3, -0.25) is 9.69 Å². The predicted molar refractivity (Wildman–Crippen MR) is 127 cm³/mol. The highest BCUT2D eigenvalue weighted by atomic mass is 16.4. The molecule has 32 heavy (non-hydrogen) atoms. The van der Waals surface area contributed by atoms with Crippen molar-refractivity contribution in [3.63, 3.8) is 0 Å². The summed E-state index contributed by atoms with van der Waals surface area (Å²) >= 11 is 0. The van der Waals surface area contributed by atoms with Gasteiger partial charge in [0.1, 0.15) is 5.76 Å². The summed E-state index contributed by atoms with van der Waals surface area (Å²) in [4.78, 5) is 22.3. The van der Waals surface area contributed by atoms with E-state index in [1.54, 1.807) is 0 Å². The van der Waals surface area contributed by atoms with Gasteiger partial charge in [-0.2, -0.15) is 0 Å². The highest BCUT2D eigenvalue weighted by Gasteiger charge is 2.26. The summed E-state index contributed by atoms with van der Waals surface area (Å²) in [5.41, 5.74) is 3.24. The zero-order valence-electron chi connectivity index (χ0n) is 19.7. The number of rotatable bonds is 8. The second-order valence-corrected chi connectivity index (χ2v) is 9.49. The number of carbonyl (C=O) groups excluding carboxylic acids is 1. The Morgan fingerprint density at radius 1 is 1.03 bits per heavy atom. The molecule has 2 aliphatic heterocycles. The fourth-order valence-corrected chi connectivity index (χ4v) is 4.80. The molecule has 174 valence electrons. The van der Waals surface area contributed by atoms with Crippen LogP contribution in [0.1, 0.15) is 55.5 Å². The maximum atomic E-state index is 12.6. The van der Waals surface area contributed by atoms with Crippen LogP contribution < -0.4 is 5.32 Å². The summed E-state index contributed by atoms with van der Waals surface area (Å²) in [5, 5.41) is 3.18. The highest BCUT2D eigenvalue weighted by Crippen LogP contribution is 2.25. The highest BCUT2D eigenvalue weighted by molar-refractivity contribution is 5.78. The van der Waals surface area contributed by atoms with Crippen LogP contribution in [0.2, 0.25) is 0 Å². The minimum absolute atomic E-state index is 0.141. The predicted octanol–water partition coefficient (Wildman–Crippen LogP) is 4.16. The molecule has 1 aromatic carbocycles. The lowest BCUT2D eigenvalue weighted by molar-refractivity contribution is -0.126. The molecule has 0 unspecified atom stereocenters. The van der Waals surface area contributed by atoms with Gasteiger partial charge in [-0.15, -0.1) is 0 Å². The van der Waals surface area contributed by atoms with E-state index in [9.17, 15) is 4.79 Å². The van der Waals surface area contributed by atoms with Crippen LogP contribution in [0.25, 0.3) is 11.5 Å². The topological polar surface area (TPSA) is 61.6 Å². The fourth-order valence-electron chi connectivity index (χ4n) is 4.80. The molecule has 4 rings (SSSR count). The van der Waals surface area contributed by atoms with Crippen LogP contribution in [0.4, 0.5) is 0 Å². The SMILES string of the molecule is Cc1ccc(-c2nc(CN3CCC(C(=O)NCCCN4CCCCC4)CC3)c(C)o2)cc1. The molecule has 1 N–H and O–H groups in total. The van der Waals surface area contributed by atoms with E-state index in [0.29, 0.717) is 5.89 Å². The Labute approximate surface area is 192 Å². The summed E-state index contributed by atoms with van der Waals surface area (Å²) in [7, 11) is 0. The van der Waals surface area contributed by atoms with E-state index in [-0.39, 0.29) is 11.8 Å². The standard InChI is InChI=1S/C26H38N4O2/c1-20-7-9-23(10-8-20)26-28-24(21(2)32-26)19-30-17-11-22(12-18-30)25(31)27-13-6-16-29-14-4-3-5-15-29/h7-10,22H,3-6,11-19H2,1-2H3,(H,27,31). The zero-order valence-corrected chi connectivity index (χ0v) is 19.7. The average molecular weight is 439 g/mol. The fraction of sp³-hybridized carbons (Fsp3) is 0.615. The third-order valence-corrected chi connectivity index (χ3v) is 6.92. The Bertz CT molecular complexity index is 862. The van der Waals surface area contributed by atoms with Crippen LogP contribution in [0, 0.1) is 19.8 Å². The quantitative estimate of drug-likeness (QED) is 0.627. The Hall–Kier alpha value is -2.18. The van der Waals surface area contributed by atoms with Gasteiger partial charge in [0.15, 0.2) is 0 Å². The Kier molecular flexibility index (Phi) is 7.98. The number of nitrogens with one attached hydrogen (secondary N) is 1. The summed E-state index contributed by atoms with van der Waals surface area (Å²) in [6, 6.07) is 8.28. The number of amides is 1. The van der Waals surface area contributed by atoms with E-state index < -0.39 is 0 Å². The van der Waals surface area contributed by atoms with Gasteiger partial charge in [0, 0.05) is 24.6 Å². The van der Waals surface area contributed by atoms with Gasteiger partial charge in [0.05, 0.1) is 5.69 Å². The molecule has 2 aromatic rings. The van der Waals surface area contributed by atoms with E-state index in [1.165, 1.54) is 37.9 Å². The van der Waals surface area contributed by atoms with Crippen LogP contribution in [-0.4, -0.2) is 60.0 Å². The molecule has 6 nitrogen and oxygen atoms in total. The van der Waals surface area contributed by atoms with E-state index in [2.05, 4.69) is 46.3 Å². The van der Waals surface area contributed by atoms with Gasteiger partial charge < -0.3 is 14.6 Å². The van der Waals surface area contributed by atoms with Crippen molar-refractivity contribution in [1.29, 1.82) is 0 Å². The maximum absolute atomic E-state index is 12.6. The smallest absolute Gasteiger partial charge is 0.226 e. The number of nitrogens with zero attached hydrogens (tertiary/aromatic N) is 3. The lowest BCUT2D eigenvalue weighted by atomic mass is 9.95. The number of piperidine rings is 2. The lowest BCUT2D eigenvalue weighted by Crippen LogP contribution is -2.41. The summed E-state index contributed by atoms with van der Waals surface area (Å²) in [6.45, 7) is 11.1. The van der Waals surface area contributed by atoms with Crippen LogP contribution in [0.3, 0.4) is 0 Å². The third-order valence-electron chi connectivity index (χ3n) is 6.92. The van der Waals surface area contributed by atoms with E-state index in [0.717, 1.165) is 69.0 Å². The second kappa shape index (κ2) is 11.1. The van der Waals surface area contributed by atoms with E-state index in [1.807, 2.05) is 6.92 Å². The van der Waals surface area contributed by atoms with Gasteiger partial charge in [0.25, 0.3) is 0 Å². The molecule has 0 radical (unpaired) electrons. The van der Waals surface area contributed by atoms with Crippen LogP contribution in [-0.2, 0) is 11.3 Å². The zero-order chi connectivity index (χ0) is 22.3. The largest absolute Gasteiger partial charge is 0.441 e. The minimum atomic E-state index is 0.141. The first-order valence-corrected chi connectivity index (χ1v) is 12.3. The number of hydrogen-bond acceptors (Lipinski definition) is 5. The monoisotopic (exact) mass is 438 g/mol. The van der Waals surface area contributed by atoms with Gasteiger partial charge in [-0.25, -0.2) is 4.98 Å². The Balaban J connectivity index is 1.18. The molecule has 0 bridgehead atoms. The molecule has 0 aliphatic carbocycles. The Morgan fingerprint density at radius 2 is 1.75 bits per heavy atom. The molecule has 2 saturated heterocycles. The number of aryl methyl sites for hydroxylation is 2. The molecular weight excluding hydrogens is 400 g/mol. The molecule has 3 heterocycles. The van der Waals surface area contributed by atoms with Gasteiger partial charge in [-0.1, -0.05) is 24.1 Å². The van der Waals surface area contributed by atoms with Crippen LogP contribution in [0.15, 0.2) is 28.7 Å². The van der Waals surface area contributed by atoms with Crippen molar-refractivity contribution in [2.24, 2.45) is 5.92 Å². The average Bonchev–Trinajstić information content (AvgIpc) is 3.18. The summed E-state index contributed by atoms with van der Waals surface area (Å²) < 4.78 is 5.93. The van der Waals surface area contributed by atoms with Crippen molar-refractivity contribution >= 4 is 5.91 Å². The normalized spacial score (nSPS) is 18.7. The summed E-state index contributed by atoms with van der Waals surface area (Å²) in [5.74, 6) is 1.95. The number of benzene rings is 1. The first-order valence-electron chi connectivity index (χ1n) is 12.3. The molecule has 2 fully saturated rings. The lowest BCUT2D eigenvalue weighted by Gasteiger charge is -2.31. The molecule has 0 saturated carbocycles. The van der Waals surface area contributed by atoms with Crippen molar-refractivity contribution in [2.75, 3.05) is 39.3 Å². The molecule has 6 heteroatoms. The summed E-state index contributed by atoms with van der Waals surface area (Å²) in [6.07, 6.45) is 6.91. The van der Waals surface area contributed by atoms with Crippen molar-refractivity contribution in [2.45, 2.75) is 58.9 Å². The van der Waals surface area contributed by atoms with Crippen molar-refractivity contribution < 1.29 is 9.21 Å². The Morgan fingerprint density at radius 3 is 2.47 bits per heavy atom. The number of likely N-dealkylation sites (tertiary alicyclic amines) is 2. The van der Waals surface area contributed by atoms with E-state index in [4.69, 9.17) is 9.40 Å². The maximum Gasteiger partial charge on any atom is 0.226 e. The minimum Gasteiger partial charge on any atom is -0.441 e. The van der Waals surface area contributed by atoms with Crippen molar-refractivity contribution in [3.05, 3.63) is 41.3 Å². The van der Waals surface area contributed by atoms with E-state index >= 15 is 0 Å².